The van der Waals surface area contributed by atoms with Crippen LogP contribution in [0.15, 0.2) is 12.3 Å². The number of aromatic amines is 1. The zero-order chi connectivity index (χ0) is 11.5. The van der Waals surface area contributed by atoms with Crippen LogP contribution >= 0.6 is 0 Å². The second-order valence-corrected chi connectivity index (χ2v) is 4.31. The molecule has 1 aromatic rings. The van der Waals surface area contributed by atoms with Gasteiger partial charge in [0.1, 0.15) is 0 Å². The Balaban J connectivity index is 1.94. The second-order valence-electron chi connectivity index (χ2n) is 4.31. The molecule has 1 N–H and O–H groups in total. The van der Waals surface area contributed by atoms with E-state index in [4.69, 9.17) is 4.74 Å². The molecule has 1 amide bonds. The van der Waals surface area contributed by atoms with Gasteiger partial charge in [0.15, 0.2) is 0 Å². The van der Waals surface area contributed by atoms with Gasteiger partial charge in [-0.15, -0.1) is 0 Å². The normalized spacial score (nSPS) is 25.8. The highest BCUT2D eigenvalue weighted by Crippen LogP contribution is 2.11. The van der Waals surface area contributed by atoms with Crippen molar-refractivity contribution < 1.29 is 9.53 Å². The van der Waals surface area contributed by atoms with Crippen LogP contribution in [0.4, 0.5) is 0 Å². The van der Waals surface area contributed by atoms with Crippen LogP contribution in [-0.4, -0.2) is 46.3 Å². The molecule has 16 heavy (non-hydrogen) atoms. The third-order valence-corrected chi connectivity index (χ3v) is 2.67. The molecule has 2 rings (SSSR count). The molecule has 2 unspecified atom stereocenters. The minimum absolute atomic E-state index is 0.120. The molecule has 1 aliphatic rings. The number of H-pyrrole nitrogens is 1. The van der Waals surface area contributed by atoms with Gasteiger partial charge >= 0.3 is 0 Å². The van der Waals surface area contributed by atoms with Crippen LogP contribution in [0.2, 0.25) is 0 Å². The first-order valence-electron chi connectivity index (χ1n) is 5.56. The van der Waals surface area contributed by atoms with Crippen LogP contribution in [0.5, 0.6) is 0 Å². The molecule has 2 atom stereocenters. The Labute approximate surface area is 94.8 Å². The molecule has 5 nitrogen and oxygen atoms in total. The fraction of sp³-hybridized carbons (Fsp3) is 0.636. The van der Waals surface area contributed by atoms with E-state index in [1.807, 2.05) is 24.8 Å². The molecule has 0 radical (unpaired) electrons. The first kappa shape index (κ1) is 11.1. The average Bonchev–Trinajstić information content (AvgIpc) is 2.68. The van der Waals surface area contributed by atoms with Gasteiger partial charge in [0.2, 0.25) is 5.91 Å². The van der Waals surface area contributed by atoms with Gasteiger partial charge in [0.05, 0.1) is 18.6 Å². The molecular formula is C11H17N3O2. The van der Waals surface area contributed by atoms with Crippen molar-refractivity contribution in [1.29, 1.82) is 0 Å². The zero-order valence-corrected chi connectivity index (χ0v) is 9.64. The van der Waals surface area contributed by atoms with Crippen molar-refractivity contribution in [3.63, 3.8) is 0 Å². The summed E-state index contributed by atoms with van der Waals surface area (Å²) in [6, 6.07) is 1.82. The molecule has 0 saturated carbocycles. The lowest BCUT2D eigenvalue weighted by Gasteiger charge is -2.35. The minimum Gasteiger partial charge on any atom is -0.372 e. The Morgan fingerprint density at radius 1 is 1.56 bits per heavy atom. The highest BCUT2D eigenvalue weighted by atomic mass is 16.5. The summed E-state index contributed by atoms with van der Waals surface area (Å²) in [6.45, 7) is 5.34. The molecule has 1 aromatic heterocycles. The lowest BCUT2D eigenvalue weighted by atomic mass is 10.2. The van der Waals surface area contributed by atoms with Gasteiger partial charge in [-0.05, 0) is 19.9 Å². The van der Waals surface area contributed by atoms with E-state index in [-0.39, 0.29) is 18.1 Å². The number of aromatic nitrogens is 2. The van der Waals surface area contributed by atoms with Crippen molar-refractivity contribution in [3.8, 4) is 0 Å². The first-order valence-corrected chi connectivity index (χ1v) is 5.56. The van der Waals surface area contributed by atoms with Crippen molar-refractivity contribution in [3.05, 3.63) is 18.0 Å². The van der Waals surface area contributed by atoms with Crippen molar-refractivity contribution in [1.82, 2.24) is 15.1 Å². The van der Waals surface area contributed by atoms with Gasteiger partial charge in [-0.1, -0.05) is 0 Å². The van der Waals surface area contributed by atoms with Crippen LogP contribution in [0.1, 0.15) is 19.5 Å². The summed E-state index contributed by atoms with van der Waals surface area (Å²) in [5, 5.41) is 6.63. The van der Waals surface area contributed by atoms with E-state index >= 15 is 0 Å². The maximum absolute atomic E-state index is 12.0. The van der Waals surface area contributed by atoms with Gasteiger partial charge in [0.25, 0.3) is 0 Å². The number of rotatable bonds is 2. The van der Waals surface area contributed by atoms with Crippen LogP contribution < -0.4 is 0 Å². The molecule has 0 aliphatic carbocycles. The third kappa shape index (κ3) is 2.61. The molecule has 1 aliphatic heterocycles. The van der Waals surface area contributed by atoms with E-state index in [0.29, 0.717) is 19.5 Å². The van der Waals surface area contributed by atoms with Crippen LogP contribution in [0, 0.1) is 0 Å². The largest absolute Gasteiger partial charge is 0.372 e. The third-order valence-electron chi connectivity index (χ3n) is 2.67. The zero-order valence-electron chi connectivity index (χ0n) is 9.64. The highest BCUT2D eigenvalue weighted by molar-refractivity contribution is 5.78. The number of ether oxygens (including phenoxy) is 1. The van der Waals surface area contributed by atoms with Crippen LogP contribution in [0.3, 0.4) is 0 Å². The lowest BCUT2D eigenvalue weighted by Crippen LogP contribution is -2.48. The first-order chi connectivity index (χ1) is 7.65. The molecule has 1 saturated heterocycles. The van der Waals surface area contributed by atoms with Crippen LogP contribution in [-0.2, 0) is 16.0 Å². The number of nitrogens with zero attached hydrogens (tertiary/aromatic N) is 2. The van der Waals surface area contributed by atoms with E-state index < -0.39 is 0 Å². The predicted molar refractivity (Wildman–Crippen MR) is 58.9 cm³/mol. The fourth-order valence-corrected chi connectivity index (χ4v) is 2.04. The lowest BCUT2D eigenvalue weighted by molar-refractivity contribution is -0.142. The van der Waals surface area contributed by atoms with E-state index in [1.54, 1.807) is 6.20 Å². The maximum atomic E-state index is 12.0. The average molecular weight is 223 g/mol. The van der Waals surface area contributed by atoms with E-state index in [9.17, 15) is 4.79 Å². The number of amides is 1. The Hall–Kier alpha value is -1.36. The molecule has 1 fully saturated rings. The summed E-state index contributed by atoms with van der Waals surface area (Å²) >= 11 is 0. The van der Waals surface area contributed by atoms with Crippen LogP contribution in [0.25, 0.3) is 0 Å². The molecular weight excluding hydrogens is 206 g/mol. The van der Waals surface area contributed by atoms with E-state index in [2.05, 4.69) is 10.2 Å². The van der Waals surface area contributed by atoms with Gasteiger partial charge in [-0.3, -0.25) is 9.89 Å². The van der Waals surface area contributed by atoms with Gasteiger partial charge < -0.3 is 9.64 Å². The molecule has 88 valence electrons. The summed E-state index contributed by atoms with van der Waals surface area (Å²) in [6.07, 6.45) is 2.29. The quantitative estimate of drug-likeness (QED) is 0.798. The van der Waals surface area contributed by atoms with E-state index in [0.717, 1.165) is 5.69 Å². The summed E-state index contributed by atoms with van der Waals surface area (Å²) in [4.78, 5) is 13.8. The smallest absolute Gasteiger partial charge is 0.228 e. The van der Waals surface area contributed by atoms with Crippen molar-refractivity contribution >= 4 is 5.91 Å². The highest BCUT2D eigenvalue weighted by Gasteiger charge is 2.25. The molecule has 0 bridgehead atoms. The van der Waals surface area contributed by atoms with Gasteiger partial charge in [-0.2, -0.15) is 5.10 Å². The maximum Gasteiger partial charge on any atom is 0.228 e. The summed E-state index contributed by atoms with van der Waals surface area (Å²) in [5.74, 6) is 0.131. The topological polar surface area (TPSA) is 58.2 Å². The molecule has 5 heteroatoms. The number of carbonyl (C=O) groups excluding carboxylic acids is 1. The van der Waals surface area contributed by atoms with Gasteiger partial charge in [0, 0.05) is 25.0 Å². The Bertz CT molecular complexity index is 340. The van der Waals surface area contributed by atoms with Crippen molar-refractivity contribution in [2.24, 2.45) is 0 Å². The minimum atomic E-state index is 0.120. The van der Waals surface area contributed by atoms with E-state index in [1.165, 1.54) is 0 Å². The summed E-state index contributed by atoms with van der Waals surface area (Å²) < 4.78 is 5.59. The Kier molecular flexibility index (Phi) is 3.24. The Morgan fingerprint density at radius 3 is 2.81 bits per heavy atom. The number of morpholine rings is 1. The van der Waals surface area contributed by atoms with Crippen molar-refractivity contribution in [2.75, 3.05) is 13.1 Å². The number of hydrogen-bond acceptors (Lipinski definition) is 3. The number of carbonyl (C=O) groups is 1. The summed E-state index contributed by atoms with van der Waals surface area (Å²) in [7, 11) is 0. The Morgan fingerprint density at radius 2 is 2.25 bits per heavy atom. The van der Waals surface area contributed by atoms with Crippen molar-refractivity contribution in [2.45, 2.75) is 32.5 Å². The fourth-order valence-electron chi connectivity index (χ4n) is 2.04. The molecule has 0 aromatic carbocycles. The number of nitrogens with one attached hydrogen (secondary N) is 1. The molecule has 0 spiro atoms. The monoisotopic (exact) mass is 223 g/mol. The van der Waals surface area contributed by atoms with Gasteiger partial charge in [-0.25, -0.2) is 0 Å². The predicted octanol–water partition coefficient (Wildman–Crippen LogP) is 0.588. The second kappa shape index (κ2) is 4.65. The summed E-state index contributed by atoms with van der Waals surface area (Å²) in [5.41, 5.74) is 0.858. The molecule has 2 heterocycles. The SMILES string of the molecule is CC1CN(C(=O)Cc2ccn[nH]2)CC(C)O1. The number of hydrogen-bond donors (Lipinski definition) is 1. The standard InChI is InChI=1S/C11H17N3O2/c1-8-6-14(7-9(2)16-8)11(15)5-10-3-4-12-13-10/h3-4,8-9H,5-7H2,1-2H3,(H,12,13).